The Kier molecular flexibility index (Phi) is 3.72. The average Bonchev–Trinajstić information content (AvgIpc) is 1.84. The van der Waals surface area contributed by atoms with Gasteiger partial charge in [-0.3, -0.25) is 0 Å². The second kappa shape index (κ2) is 3.79. The van der Waals surface area contributed by atoms with E-state index in [1.807, 2.05) is 0 Å². The molecule has 0 heterocycles. The highest BCUT2D eigenvalue weighted by molar-refractivity contribution is 7.89. The van der Waals surface area contributed by atoms with Crippen LogP contribution in [0.15, 0.2) is 0 Å². The lowest BCUT2D eigenvalue weighted by molar-refractivity contribution is 0.523. The van der Waals surface area contributed by atoms with Gasteiger partial charge in [-0.2, -0.15) is 0 Å². The molecular formula is C4H10FNO2S. The minimum absolute atomic E-state index is 0.312. The maximum atomic E-state index is 11.4. The number of hydrogen-bond donors (Lipinski definition) is 1. The van der Waals surface area contributed by atoms with E-state index in [1.165, 1.54) is 0 Å². The van der Waals surface area contributed by atoms with Gasteiger partial charge in [-0.25, -0.2) is 17.5 Å². The first-order chi connectivity index (χ1) is 4.12. The summed E-state index contributed by atoms with van der Waals surface area (Å²) in [6.45, 7) is 2.12. The Morgan fingerprint density at radius 3 is 2.44 bits per heavy atom. The number of halogens is 1. The first-order valence-electron chi connectivity index (χ1n) is 2.65. The molecule has 0 spiro atoms. The van der Waals surface area contributed by atoms with Crippen molar-refractivity contribution in [2.24, 2.45) is 0 Å². The van der Waals surface area contributed by atoms with Crippen molar-refractivity contribution in [3.8, 4) is 0 Å². The summed E-state index contributed by atoms with van der Waals surface area (Å²) >= 11 is 0. The van der Waals surface area contributed by atoms with Crippen molar-refractivity contribution in [3.63, 3.8) is 0 Å². The molecule has 0 rings (SSSR count). The van der Waals surface area contributed by atoms with Gasteiger partial charge >= 0.3 is 0 Å². The molecule has 0 bridgehead atoms. The molecule has 3 nitrogen and oxygen atoms in total. The molecule has 5 heteroatoms. The molecular weight excluding hydrogens is 145 g/mol. The number of sulfonamides is 1. The van der Waals surface area contributed by atoms with Gasteiger partial charge in [-0.1, -0.05) is 6.92 Å². The van der Waals surface area contributed by atoms with Gasteiger partial charge in [0.2, 0.25) is 16.0 Å². The Hall–Kier alpha value is -0.160. The molecule has 9 heavy (non-hydrogen) atoms. The minimum Gasteiger partial charge on any atom is -0.232 e. The summed E-state index contributed by atoms with van der Waals surface area (Å²) in [7, 11) is -3.60. The quantitative estimate of drug-likeness (QED) is 0.632. The number of alkyl halides is 1. The Morgan fingerprint density at radius 1 is 1.56 bits per heavy atom. The smallest absolute Gasteiger partial charge is 0.232 e. The van der Waals surface area contributed by atoms with Crippen molar-refractivity contribution < 1.29 is 12.8 Å². The van der Waals surface area contributed by atoms with Crippen LogP contribution in [0.5, 0.6) is 0 Å². The van der Waals surface area contributed by atoms with E-state index in [1.54, 1.807) is 6.92 Å². The van der Waals surface area contributed by atoms with Gasteiger partial charge < -0.3 is 0 Å². The van der Waals surface area contributed by atoms with Crippen molar-refractivity contribution in [2.75, 3.05) is 12.6 Å². The molecule has 0 atom stereocenters. The van der Waals surface area contributed by atoms with Crippen LogP contribution >= 0.6 is 0 Å². The van der Waals surface area contributed by atoms with Gasteiger partial charge in [0.15, 0.2) is 0 Å². The minimum atomic E-state index is -3.60. The van der Waals surface area contributed by atoms with Crippen molar-refractivity contribution >= 4 is 10.0 Å². The van der Waals surface area contributed by atoms with Crippen LogP contribution in [0.3, 0.4) is 0 Å². The molecule has 0 unspecified atom stereocenters. The Morgan fingerprint density at radius 2 is 2.11 bits per heavy atom. The molecule has 0 radical (unpaired) electrons. The highest BCUT2D eigenvalue weighted by Crippen LogP contribution is 1.83. The van der Waals surface area contributed by atoms with Crippen LogP contribution in [0.4, 0.5) is 4.39 Å². The van der Waals surface area contributed by atoms with Crippen molar-refractivity contribution in [3.05, 3.63) is 0 Å². The molecule has 0 aliphatic rings. The first-order valence-corrected chi connectivity index (χ1v) is 4.31. The Balaban J connectivity index is 3.61. The fraction of sp³-hybridized carbons (Fsp3) is 1.00. The molecule has 0 aliphatic carbocycles. The van der Waals surface area contributed by atoms with E-state index >= 15 is 0 Å². The zero-order chi connectivity index (χ0) is 7.33. The predicted molar refractivity (Wildman–Crippen MR) is 33.2 cm³/mol. The van der Waals surface area contributed by atoms with Crippen LogP contribution in [-0.2, 0) is 10.0 Å². The van der Waals surface area contributed by atoms with Gasteiger partial charge in [0.05, 0.1) is 0 Å². The third kappa shape index (κ3) is 4.35. The molecule has 0 amide bonds. The standard InChI is InChI=1S/C4H10FNO2S/c1-2-3-6-9(7,8)4-5/h6H,2-4H2,1H3. The van der Waals surface area contributed by atoms with E-state index in [4.69, 9.17) is 0 Å². The van der Waals surface area contributed by atoms with Crippen molar-refractivity contribution in [1.82, 2.24) is 4.72 Å². The van der Waals surface area contributed by atoms with Crippen LogP contribution in [0.2, 0.25) is 0 Å². The van der Waals surface area contributed by atoms with E-state index in [0.717, 1.165) is 0 Å². The molecule has 0 fully saturated rings. The number of hydrogen-bond acceptors (Lipinski definition) is 2. The Bertz CT molecular complexity index is 154. The third-order valence-corrected chi connectivity index (χ3v) is 1.65. The van der Waals surface area contributed by atoms with E-state index in [9.17, 15) is 12.8 Å². The summed E-state index contributed by atoms with van der Waals surface area (Å²) < 4.78 is 34.0. The van der Waals surface area contributed by atoms with E-state index in [-0.39, 0.29) is 0 Å². The first kappa shape index (κ1) is 8.84. The maximum Gasteiger partial charge on any atom is 0.241 e. The van der Waals surface area contributed by atoms with E-state index in [2.05, 4.69) is 4.72 Å². The summed E-state index contributed by atoms with van der Waals surface area (Å²) in [5, 5.41) is 0. The van der Waals surface area contributed by atoms with E-state index < -0.39 is 16.0 Å². The second-order valence-corrected chi connectivity index (χ2v) is 3.35. The van der Waals surface area contributed by atoms with Crippen LogP contribution in [0.25, 0.3) is 0 Å². The summed E-state index contributed by atoms with van der Waals surface area (Å²) in [6, 6.07) is -1.33. The molecule has 0 saturated heterocycles. The normalized spacial score (nSPS) is 11.8. The zero-order valence-corrected chi connectivity index (χ0v) is 6.04. The average molecular weight is 155 g/mol. The fourth-order valence-electron chi connectivity index (χ4n) is 0.296. The summed E-state index contributed by atoms with van der Waals surface area (Å²) in [4.78, 5) is 0. The summed E-state index contributed by atoms with van der Waals surface area (Å²) in [5.74, 6) is 0. The highest BCUT2D eigenvalue weighted by atomic mass is 32.2. The van der Waals surface area contributed by atoms with Gasteiger partial charge in [-0.15, -0.1) is 0 Å². The van der Waals surface area contributed by atoms with E-state index in [0.29, 0.717) is 13.0 Å². The fourth-order valence-corrected chi connectivity index (χ4v) is 0.888. The number of rotatable bonds is 4. The molecule has 56 valence electrons. The van der Waals surface area contributed by atoms with Crippen LogP contribution < -0.4 is 4.72 Å². The van der Waals surface area contributed by atoms with Crippen molar-refractivity contribution in [2.45, 2.75) is 13.3 Å². The second-order valence-electron chi connectivity index (χ2n) is 1.62. The molecule has 1 N–H and O–H groups in total. The highest BCUT2D eigenvalue weighted by Gasteiger charge is 2.05. The maximum absolute atomic E-state index is 11.4. The van der Waals surface area contributed by atoms with Crippen molar-refractivity contribution in [1.29, 1.82) is 0 Å². The lowest BCUT2D eigenvalue weighted by Gasteiger charge is -1.97. The summed E-state index contributed by atoms with van der Waals surface area (Å²) in [6.07, 6.45) is 0.680. The Labute approximate surface area is 54.3 Å². The van der Waals surface area contributed by atoms with Gasteiger partial charge in [0.1, 0.15) is 0 Å². The van der Waals surface area contributed by atoms with Crippen LogP contribution in [0, 0.1) is 0 Å². The number of nitrogens with one attached hydrogen (secondary N) is 1. The predicted octanol–water partition coefficient (Wildman–Crippen LogP) is 0.243. The van der Waals surface area contributed by atoms with Gasteiger partial charge in [0.25, 0.3) is 0 Å². The van der Waals surface area contributed by atoms with Gasteiger partial charge in [-0.05, 0) is 6.42 Å². The molecule has 0 aromatic carbocycles. The zero-order valence-electron chi connectivity index (χ0n) is 5.22. The molecule has 0 saturated carbocycles. The lowest BCUT2D eigenvalue weighted by Crippen LogP contribution is -2.25. The third-order valence-electron chi connectivity index (χ3n) is 0.716. The van der Waals surface area contributed by atoms with Crippen LogP contribution in [-0.4, -0.2) is 21.0 Å². The molecule has 0 aromatic rings. The van der Waals surface area contributed by atoms with Gasteiger partial charge in [0, 0.05) is 6.54 Å². The molecule has 0 aromatic heterocycles. The lowest BCUT2D eigenvalue weighted by atomic mass is 10.5. The topological polar surface area (TPSA) is 46.2 Å². The largest absolute Gasteiger partial charge is 0.241 e. The monoisotopic (exact) mass is 155 g/mol. The molecule has 0 aliphatic heterocycles. The SMILES string of the molecule is CCCNS(=O)(=O)CF. The summed E-state index contributed by atoms with van der Waals surface area (Å²) in [5.41, 5.74) is 0. The van der Waals surface area contributed by atoms with Crippen LogP contribution in [0.1, 0.15) is 13.3 Å².